The topological polar surface area (TPSA) is 69.6 Å². The van der Waals surface area contributed by atoms with Crippen molar-refractivity contribution < 1.29 is 0 Å². The van der Waals surface area contributed by atoms with Crippen LogP contribution in [0.2, 0.25) is 0 Å². The van der Waals surface area contributed by atoms with Gasteiger partial charge in [-0.15, -0.1) is 16.8 Å². The number of hydrogen-bond acceptors (Lipinski definition) is 4. The molecule has 1 aromatic heterocycles. The Hall–Kier alpha value is -1.23. The lowest BCUT2D eigenvalue weighted by molar-refractivity contribution is 0.618. The van der Waals surface area contributed by atoms with Crippen LogP contribution in [0, 0.1) is 0 Å². The van der Waals surface area contributed by atoms with E-state index in [4.69, 9.17) is 5.73 Å². The van der Waals surface area contributed by atoms with Gasteiger partial charge in [-0.1, -0.05) is 6.08 Å². The van der Waals surface area contributed by atoms with Crippen molar-refractivity contribution in [2.45, 2.75) is 18.9 Å². The van der Waals surface area contributed by atoms with Gasteiger partial charge in [0.15, 0.2) is 5.82 Å². The lowest BCUT2D eigenvalue weighted by Crippen LogP contribution is -2.22. The van der Waals surface area contributed by atoms with Crippen LogP contribution in [0.4, 0.5) is 0 Å². The van der Waals surface area contributed by atoms with Gasteiger partial charge in [0.1, 0.15) is 0 Å². The van der Waals surface area contributed by atoms with E-state index in [0.29, 0.717) is 12.2 Å². The number of aromatic nitrogens is 4. The second kappa shape index (κ2) is 3.96. The Labute approximate surface area is 71.3 Å². The molecule has 0 aromatic carbocycles. The van der Waals surface area contributed by atoms with E-state index in [0.717, 1.165) is 6.42 Å². The largest absolute Gasteiger partial charge is 0.327 e. The molecule has 1 heterocycles. The highest BCUT2D eigenvalue weighted by atomic mass is 15.6. The molecule has 12 heavy (non-hydrogen) atoms. The van der Waals surface area contributed by atoms with Gasteiger partial charge in [0.2, 0.25) is 0 Å². The second-order valence-corrected chi connectivity index (χ2v) is 2.68. The zero-order valence-electron chi connectivity index (χ0n) is 7.14. The summed E-state index contributed by atoms with van der Waals surface area (Å²) in [7, 11) is 1.73. The molecule has 0 aliphatic rings. The van der Waals surface area contributed by atoms with Crippen LogP contribution in [0.15, 0.2) is 12.7 Å². The third kappa shape index (κ3) is 2.43. The van der Waals surface area contributed by atoms with Gasteiger partial charge < -0.3 is 5.73 Å². The smallest absolute Gasteiger partial charge is 0.176 e. The first-order valence-corrected chi connectivity index (χ1v) is 3.81. The normalized spacial score (nSPS) is 12.8. The summed E-state index contributed by atoms with van der Waals surface area (Å²) in [6.45, 7) is 3.61. The van der Waals surface area contributed by atoms with Crippen LogP contribution in [0.1, 0.15) is 12.2 Å². The molecule has 0 aliphatic heterocycles. The van der Waals surface area contributed by atoms with Crippen molar-refractivity contribution in [1.29, 1.82) is 0 Å². The fourth-order valence-electron chi connectivity index (χ4n) is 0.937. The van der Waals surface area contributed by atoms with Crippen molar-refractivity contribution in [2.24, 2.45) is 12.8 Å². The molecule has 0 spiro atoms. The molecule has 0 saturated carbocycles. The minimum absolute atomic E-state index is 0.0479. The number of tetrazole rings is 1. The number of hydrogen-bond donors (Lipinski definition) is 1. The molecule has 0 saturated heterocycles. The molecule has 0 fully saturated rings. The van der Waals surface area contributed by atoms with Crippen LogP contribution in [-0.4, -0.2) is 26.2 Å². The zero-order valence-corrected chi connectivity index (χ0v) is 7.14. The van der Waals surface area contributed by atoms with Crippen LogP contribution in [0.3, 0.4) is 0 Å². The lowest BCUT2D eigenvalue weighted by atomic mass is 10.1. The first-order valence-electron chi connectivity index (χ1n) is 3.81. The van der Waals surface area contributed by atoms with E-state index in [-0.39, 0.29) is 6.04 Å². The molecule has 2 N–H and O–H groups in total. The highest BCUT2D eigenvalue weighted by molar-refractivity contribution is 4.86. The summed E-state index contributed by atoms with van der Waals surface area (Å²) in [5, 5.41) is 11.5. The van der Waals surface area contributed by atoms with Crippen molar-refractivity contribution in [3.8, 4) is 0 Å². The van der Waals surface area contributed by atoms with Crippen LogP contribution in [0.25, 0.3) is 0 Å². The minimum atomic E-state index is 0.0479. The average Bonchev–Trinajstić information content (AvgIpc) is 2.36. The Morgan fingerprint density at radius 1 is 1.75 bits per heavy atom. The number of nitrogens with two attached hydrogens (primary N) is 1. The highest BCUT2D eigenvalue weighted by Gasteiger charge is 2.05. The van der Waals surface area contributed by atoms with Crippen LogP contribution < -0.4 is 5.73 Å². The molecule has 0 radical (unpaired) electrons. The Kier molecular flexibility index (Phi) is 2.93. The van der Waals surface area contributed by atoms with Crippen molar-refractivity contribution >= 4 is 0 Å². The molecular weight excluding hydrogens is 154 g/mol. The zero-order chi connectivity index (χ0) is 8.97. The fourth-order valence-corrected chi connectivity index (χ4v) is 0.937. The molecule has 0 amide bonds. The molecule has 1 aromatic rings. The third-order valence-electron chi connectivity index (χ3n) is 1.46. The molecule has 5 nitrogen and oxygen atoms in total. The standard InChI is InChI=1S/C7H13N5/c1-3-4-6(8)5-7-9-11-12(2)10-7/h3,6H,1,4-5,8H2,2H3. The summed E-state index contributed by atoms with van der Waals surface area (Å²) in [4.78, 5) is 1.43. The van der Waals surface area contributed by atoms with E-state index in [1.165, 1.54) is 4.80 Å². The van der Waals surface area contributed by atoms with Gasteiger partial charge in [0.05, 0.1) is 7.05 Å². The van der Waals surface area contributed by atoms with E-state index in [1.807, 2.05) is 0 Å². The van der Waals surface area contributed by atoms with Crippen molar-refractivity contribution in [3.05, 3.63) is 18.5 Å². The van der Waals surface area contributed by atoms with Crippen molar-refractivity contribution in [3.63, 3.8) is 0 Å². The Balaban J connectivity index is 2.46. The molecule has 0 aliphatic carbocycles. The SMILES string of the molecule is C=CCC(N)Cc1nnn(C)n1. The molecule has 0 bridgehead atoms. The van der Waals surface area contributed by atoms with E-state index in [9.17, 15) is 0 Å². The molecule has 5 heteroatoms. The van der Waals surface area contributed by atoms with Gasteiger partial charge in [-0.25, -0.2) is 0 Å². The van der Waals surface area contributed by atoms with Crippen LogP contribution in [0.5, 0.6) is 0 Å². The summed E-state index contributed by atoms with van der Waals surface area (Å²) in [6, 6.07) is 0.0479. The molecule has 1 unspecified atom stereocenters. The van der Waals surface area contributed by atoms with E-state index in [1.54, 1.807) is 13.1 Å². The maximum Gasteiger partial charge on any atom is 0.176 e. The minimum Gasteiger partial charge on any atom is -0.327 e. The molecule has 1 atom stereocenters. The lowest BCUT2D eigenvalue weighted by Gasteiger charge is -2.03. The first kappa shape index (κ1) is 8.86. The quantitative estimate of drug-likeness (QED) is 0.623. The van der Waals surface area contributed by atoms with E-state index in [2.05, 4.69) is 22.0 Å². The number of rotatable bonds is 4. The second-order valence-electron chi connectivity index (χ2n) is 2.68. The maximum atomic E-state index is 5.74. The highest BCUT2D eigenvalue weighted by Crippen LogP contribution is 1.96. The number of aryl methyl sites for hydroxylation is 1. The van der Waals surface area contributed by atoms with Gasteiger partial charge >= 0.3 is 0 Å². The molecule has 66 valence electrons. The van der Waals surface area contributed by atoms with Gasteiger partial charge in [0.25, 0.3) is 0 Å². The Morgan fingerprint density at radius 3 is 3.00 bits per heavy atom. The van der Waals surface area contributed by atoms with Crippen LogP contribution in [-0.2, 0) is 13.5 Å². The van der Waals surface area contributed by atoms with Gasteiger partial charge in [-0.05, 0) is 11.6 Å². The Bertz CT molecular complexity index is 254. The van der Waals surface area contributed by atoms with E-state index >= 15 is 0 Å². The summed E-state index contributed by atoms with van der Waals surface area (Å²) in [5.74, 6) is 0.687. The number of nitrogens with zero attached hydrogens (tertiary/aromatic N) is 4. The third-order valence-corrected chi connectivity index (χ3v) is 1.46. The summed E-state index contributed by atoms with van der Waals surface area (Å²) in [6.07, 6.45) is 3.22. The fraction of sp³-hybridized carbons (Fsp3) is 0.571. The summed E-state index contributed by atoms with van der Waals surface area (Å²) < 4.78 is 0. The summed E-state index contributed by atoms with van der Waals surface area (Å²) in [5.41, 5.74) is 5.74. The monoisotopic (exact) mass is 167 g/mol. The van der Waals surface area contributed by atoms with Crippen molar-refractivity contribution in [2.75, 3.05) is 0 Å². The van der Waals surface area contributed by atoms with Gasteiger partial charge in [-0.3, -0.25) is 0 Å². The van der Waals surface area contributed by atoms with Gasteiger partial charge in [0, 0.05) is 12.5 Å². The predicted molar refractivity (Wildman–Crippen MR) is 45.3 cm³/mol. The molecular formula is C7H13N5. The predicted octanol–water partition coefficient (Wildman–Crippen LogP) is -0.344. The molecule has 1 rings (SSSR count). The van der Waals surface area contributed by atoms with Crippen LogP contribution >= 0.6 is 0 Å². The first-order chi connectivity index (χ1) is 5.72. The summed E-state index contributed by atoms with van der Waals surface area (Å²) >= 11 is 0. The van der Waals surface area contributed by atoms with E-state index < -0.39 is 0 Å². The van der Waals surface area contributed by atoms with Crippen molar-refractivity contribution in [1.82, 2.24) is 20.2 Å². The Morgan fingerprint density at radius 2 is 2.50 bits per heavy atom. The average molecular weight is 167 g/mol. The maximum absolute atomic E-state index is 5.74. The van der Waals surface area contributed by atoms with Gasteiger partial charge in [-0.2, -0.15) is 4.80 Å².